The summed E-state index contributed by atoms with van der Waals surface area (Å²) >= 11 is 0. The van der Waals surface area contributed by atoms with Crippen molar-refractivity contribution in [2.45, 2.75) is 0 Å². The van der Waals surface area contributed by atoms with Crippen LogP contribution >= 0.6 is 0 Å². The van der Waals surface area contributed by atoms with Crippen LogP contribution < -0.4 is 59.1 Å². The predicted octanol–water partition coefficient (Wildman–Crippen LogP) is -7.16. The van der Waals surface area contributed by atoms with E-state index in [1.165, 1.54) is 0 Å². The molecule has 0 aromatic carbocycles. The van der Waals surface area contributed by atoms with Gasteiger partial charge in [-0.1, -0.05) is 0 Å². The van der Waals surface area contributed by atoms with Gasteiger partial charge in [-0.25, -0.2) is 0 Å². The summed E-state index contributed by atoms with van der Waals surface area (Å²) in [7, 11) is -10.2. The van der Waals surface area contributed by atoms with Gasteiger partial charge in [0.1, 0.15) is 0 Å². The third-order valence-electron chi connectivity index (χ3n) is 0.172. The van der Waals surface area contributed by atoms with Crippen LogP contribution in [0.15, 0.2) is 0 Å². The Morgan fingerprint density at radius 1 is 0.909 bits per heavy atom. The summed E-state index contributed by atoms with van der Waals surface area (Å²) in [5, 5.41) is 0. The quantitative estimate of drug-likeness (QED) is 0.354. The average molecular weight is 226 g/mol. The van der Waals surface area contributed by atoms with Gasteiger partial charge in [-0.2, -0.15) is 16.8 Å². The van der Waals surface area contributed by atoms with Gasteiger partial charge in [0, 0.05) is 0 Å². The topological polar surface area (TPSA) is 118 Å². The van der Waals surface area contributed by atoms with Crippen molar-refractivity contribution in [1.82, 2.24) is 0 Å². The van der Waals surface area contributed by atoms with Gasteiger partial charge in [0.25, 0.3) is 0 Å². The first-order chi connectivity index (χ1) is 3.71. The fourth-order valence-electron chi connectivity index (χ4n) is 0.109. The predicted molar refractivity (Wildman–Crippen MR) is 26.4 cm³/mol. The van der Waals surface area contributed by atoms with E-state index in [4.69, 9.17) is 9.11 Å². The van der Waals surface area contributed by atoms with Gasteiger partial charge < -0.3 is 2.85 Å². The van der Waals surface area contributed by atoms with Crippen molar-refractivity contribution in [3.8, 4) is 0 Å². The largest absolute Gasteiger partial charge is 1.00 e. The zero-order valence-corrected chi connectivity index (χ0v) is 11.4. The molecule has 7 nitrogen and oxygen atoms in total. The van der Waals surface area contributed by atoms with Crippen LogP contribution in [0.4, 0.5) is 0 Å². The van der Waals surface area contributed by atoms with E-state index in [1.807, 2.05) is 0 Å². The second kappa shape index (κ2) is 6.27. The molecule has 60 valence electrons. The van der Waals surface area contributed by atoms with Gasteiger partial charge in [-0.15, -0.1) is 3.63 Å². The monoisotopic (exact) mass is 226 g/mol. The summed E-state index contributed by atoms with van der Waals surface area (Å²) < 4.78 is 55.6. The Bertz CT molecular complexity index is 248. The van der Waals surface area contributed by atoms with Crippen molar-refractivity contribution in [1.29, 1.82) is 0 Å². The zero-order valence-electron chi connectivity index (χ0n) is 7.75. The fraction of sp³-hybridized carbons (Fsp3) is 0. The molecule has 11 heteroatoms. The van der Waals surface area contributed by atoms with E-state index in [1.54, 1.807) is 0 Å². The van der Waals surface area contributed by atoms with Crippen LogP contribution in [0.1, 0.15) is 2.85 Å². The van der Waals surface area contributed by atoms with E-state index in [0.717, 1.165) is 0 Å². The Morgan fingerprint density at radius 2 is 1.09 bits per heavy atom. The van der Waals surface area contributed by atoms with Gasteiger partial charge in [-0.3, -0.25) is 9.11 Å². The Morgan fingerprint density at radius 3 is 1.09 bits per heavy atom. The number of hydrogen-bond donors (Lipinski definition) is 2. The van der Waals surface area contributed by atoms with Crippen molar-refractivity contribution in [3.05, 3.63) is 0 Å². The fourth-order valence-corrected chi connectivity index (χ4v) is 0.978. The summed E-state index contributed by atoms with van der Waals surface area (Å²) in [5.74, 6) is 0. The van der Waals surface area contributed by atoms with E-state index >= 15 is 0 Å². The van der Waals surface area contributed by atoms with Crippen LogP contribution in [0, 0.1) is 0 Å². The maximum absolute atomic E-state index is 9.44. The molecular weight excluding hydrogens is 222 g/mol. The SMILES string of the molecule is O=S(=O)(O)OS(=O)(=O)O.[H-].[H-].[Na+].[Na+]. The molecule has 0 saturated carbocycles. The number of hydrogen-bond acceptors (Lipinski definition) is 5. The molecule has 0 saturated heterocycles. The second-order valence-corrected chi connectivity index (χ2v) is 3.18. The van der Waals surface area contributed by atoms with E-state index in [2.05, 4.69) is 3.63 Å². The first-order valence-electron chi connectivity index (χ1n) is 1.37. The third-order valence-corrected chi connectivity index (χ3v) is 1.55. The molecule has 0 radical (unpaired) electrons. The minimum Gasteiger partial charge on any atom is -1.00 e. The molecule has 0 unspecified atom stereocenters. The minimum absolute atomic E-state index is 0. The molecule has 0 aliphatic carbocycles. The Kier molecular flexibility index (Phi) is 10.6. The van der Waals surface area contributed by atoms with Crippen LogP contribution in [-0.4, -0.2) is 25.9 Å². The zero-order chi connectivity index (χ0) is 7.71. The number of rotatable bonds is 2. The molecule has 0 rings (SSSR count). The second-order valence-electron chi connectivity index (χ2n) is 0.924. The molecule has 11 heavy (non-hydrogen) atoms. The molecule has 0 atom stereocenters. The Labute approximate surface area is 111 Å². The average Bonchev–Trinajstić information content (AvgIpc) is 1.14. The van der Waals surface area contributed by atoms with E-state index in [0.29, 0.717) is 0 Å². The van der Waals surface area contributed by atoms with Crippen molar-refractivity contribution in [3.63, 3.8) is 0 Å². The van der Waals surface area contributed by atoms with Gasteiger partial charge in [-0.05, 0) is 0 Å². The summed E-state index contributed by atoms with van der Waals surface area (Å²) in [6, 6.07) is 0. The molecule has 0 spiro atoms. The van der Waals surface area contributed by atoms with Gasteiger partial charge in [0.2, 0.25) is 0 Å². The van der Waals surface area contributed by atoms with Crippen molar-refractivity contribution >= 4 is 20.8 Å². The van der Waals surface area contributed by atoms with Crippen LogP contribution in [0.3, 0.4) is 0 Å². The molecule has 0 aliphatic heterocycles. The third kappa shape index (κ3) is 18.6. The minimum atomic E-state index is -5.12. The molecule has 0 fully saturated rings. The molecule has 0 bridgehead atoms. The van der Waals surface area contributed by atoms with Gasteiger partial charge >= 0.3 is 79.9 Å². The molecule has 0 aromatic heterocycles. The molecular formula is H4Na2O7S2. The molecule has 2 N–H and O–H groups in total. The van der Waals surface area contributed by atoms with Crippen molar-refractivity contribution in [2.24, 2.45) is 0 Å². The van der Waals surface area contributed by atoms with Gasteiger partial charge in [0.05, 0.1) is 0 Å². The van der Waals surface area contributed by atoms with Crippen LogP contribution in [0.25, 0.3) is 0 Å². The standard InChI is InChI=1S/2Na.H2O7S2.2H/c;;1-8(2,3)7-9(4,5)6;;/h;;(H,1,2,3)(H,4,5,6);;/q2*+1;;2*-1. The first-order valence-corrected chi connectivity index (χ1v) is 4.10. The molecule has 0 heterocycles. The maximum Gasteiger partial charge on any atom is 1.00 e. The van der Waals surface area contributed by atoms with Crippen molar-refractivity contribution < 1.29 is 91.5 Å². The normalized spacial score (nSPS) is 11.1. The Balaban J connectivity index is -0.0000000533. The summed E-state index contributed by atoms with van der Waals surface area (Å²) in [6.45, 7) is 0. The van der Waals surface area contributed by atoms with E-state index in [9.17, 15) is 16.8 Å². The molecule has 0 aliphatic rings. The van der Waals surface area contributed by atoms with Crippen LogP contribution in [-0.2, 0) is 24.4 Å². The van der Waals surface area contributed by atoms with Crippen LogP contribution in [0.2, 0.25) is 0 Å². The smallest absolute Gasteiger partial charge is 1.00 e. The summed E-state index contributed by atoms with van der Waals surface area (Å²) in [4.78, 5) is 0. The molecule has 0 aromatic rings. The summed E-state index contributed by atoms with van der Waals surface area (Å²) in [6.07, 6.45) is 0. The van der Waals surface area contributed by atoms with Crippen LogP contribution in [0.5, 0.6) is 0 Å². The van der Waals surface area contributed by atoms with Crippen molar-refractivity contribution in [2.75, 3.05) is 0 Å². The van der Waals surface area contributed by atoms with E-state index in [-0.39, 0.29) is 62.0 Å². The van der Waals surface area contributed by atoms with E-state index < -0.39 is 20.8 Å². The molecule has 0 amide bonds. The maximum atomic E-state index is 9.44. The Hall–Kier alpha value is 1.78. The summed E-state index contributed by atoms with van der Waals surface area (Å²) in [5.41, 5.74) is 0. The first kappa shape index (κ1) is 18.5. The van der Waals surface area contributed by atoms with Gasteiger partial charge in [0.15, 0.2) is 0 Å².